The molecule has 2 aliphatic carbocycles. The fourth-order valence-electron chi connectivity index (χ4n) is 2.89. The first-order valence-corrected chi connectivity index (χ1v) is 8.22. The van der Waals surface area contributed by atoms with Crippen LogP contribution in [0.25, 0.3) is 5.69 Å². The summed E-state index contributed by atoms with van der Waals surface area (Å²) in [6.07, 6.45) is 3.80. The van der Waals surface area contributed by atoms with Crippen molar-refractivity contribution < 1.29 is 14.3 Å². The summed E-state index contributed by atoms with van der Waals surface area (Å²) in [5, 5.41) is 20.3. The number of aliphatic hydroxyl groups is 1. The molecule has 0 unspecified atom stereocenters. The number of nitrogens with one attached hydrogen (secondary N) is 1. The van der Waals surface area contributed by atoms with Gasteiger partial charge in [0, 0.05) is 17.9 Å². The van der Waals surface area contributed by atoms with Crippen molar-refractivity contribution in [3.63, 3.8) is 0 Å². The highest BCUT2D eigenvalue weighted by molar-refractivity contribution is 5.93. The van der Waals surface area contributed by atoms with Crippen LogP contribution in [-0.2, 0) is 0 Å². The standard InChI is InChI=1S/C17H19FN4O2/c18-12-2-1-3-13(8-12)22-15(11-4-5-11)14(20-21-22)16(24)19-9-17(10-23)6-7-17/h1-3,8,11,23H,4-7,9-10H2,(H,19,24). The molecule has 0 bridgehead atoms. The Morgan fingerprint density at radius 3 is 2.83 bits per heavy atom. The van der Waals surface area contributed by atoms with Gasteiger partial charge in [0.05, 0.1) is 18.0 Å². The van der Waals surface area contributed by atoms with Crippen molar-refractivity contribution in [2.75, 3.05) is 13.2 Å². The number of halogens is 1. The van der Waals surface area contributed by atoms with E-state index >= 15 is 0 Å². The van der Waals surface area contributed by atoms with Crippen molar-refractivity contribution in [2.45, 2.75) is 31.6 Å². The Morgan fingerprint density at radius 1 is 1.42 bits per heavy atom. The van der Waals surface area contributed by atoms with Crippen LogP contribution in [-0.4, -0.2) is 39.2 Å². The van der Waals surface area contributed by atoms with E-state index in [-0.39, 0.29) is 29.7 Å². The smallest absolute Gasteiger partial charge is 0.273 e. The molecule has 1 heterocycles. The average Bonchev–Trinajstić information content (AvgIpc) is 3.51. The van der Waals surface area contributed by atoms with Gasteiger partial charge in [-0.3, -0.25) is 4.79 Å². The highest BCUT2D eigenvalue weighted by Gasteiger charge is 2.42. The van der Waals surface area contributed by atoms with Crippen LogP contribution in [0.1, 0.15) is 47.8 Å². The Labute approximate surface area is 138 Å². The van der Waals surface area contributed by atoms with Crippen LogP contribution in [0.2, 0.25) is 0 Å². The molecular weight excluding hydrogens is 311 g/mol. The molecule has 0 radical (unpaired) electrons. The first-order chi connectivity index (χ1) is 11.6. The third-order valence-electron chi connectivity index (χ3n) is 4.85. The summed E-state index contributed by atoms with van der Waals surface area (Å²) in [5.74, 6) is -0.398. The Kier molecular flexibility index (Phi) is 3.60. The molecule has 0 atom stereocenters. The number of amides is 1. The van der Waals surface area contributed by atoms with Gasteiger partial charge in [-0.25, -0.2) is 9.07 Å². The zero-order valence-corrected chi connectivity index (χ0v) is 13.2. The molecule has 126 valence electrons. The summed E-state index contributed by atoms with van der Waals surface area (Å²) in [4.78, 5) is 12.5. The molecule has 0 aliphatic heterocycles. The molecule has 1 aromatic heterocycles. The van der Waals surface area contributed by atoms with E-state index in [1.54, 1.807) is 16.8 Å². The lowest BCUT2D eigenvalue weighted by molar-refractivity contribution is 0.0929. The van der Waals surface area contributed by atoms with Gasteiger partial charge in [0.15, 0.2) is 5.69 Å². The minimum absolute atomic E-state index is 0.0821. The average molecular weight is 330 g/mol. The number of aromatic nitrogens is 3. The maximum atomic E-state index is 13.5. The largest absolute Gasteiger partial charge is 0.396 e. The quantitative estimate of drug-likeness (QED) is 0.846. The van der Waals surface area contributed by atoms with E-state index in [4.69, 9.17) is 0 Å². The maximum Gasteiger partial charge on any atom is 0.273 e. The minimum Gasteiger partial charge on any atom is -0.396 e. The summed E-state index contributed by atoms with van der Waals surface area (Å²) in [5.41, 5.74) is 1.45. The van der Waals surface area contributed by atoms with Gasteiger partial charge in [-0.15, -0.1) is 5.10 Å². The van der Waals surface area contributed by atoms with E-state index in [1.807, 2.05) is 0 Å². The van der Waals surface area contributed by atoms with Crippen molar-refractivity contribution in [2.24, 2.45) is 5.41 Å². The molecule has 2 N–H and O–H groups in total. The summed E-state index contributed by atoms with van der Waals surface area (Å²) in [7, 11) is 0. The molecule has 6 nitrogen and oxygen atoms in total. The fourth-order valence-corrected chi connectivity index (χ4v) is 2.89. The van der Waals surface area contributed by atoms with E-state index in [1.165, 1.54) is 12.1 Å². The third-order valence-corrected chi connectivity index (χ3v) is 4.85. The number of hydrogen-bond donors (Lipinski definition) is 2. The Morgan fingerprint density at radius 2 is 2.21 bits per heavy atom. The van der Waals surface area contributed by atoms with Crippen LogP contribution in [0.4, 0.5) is 4.39 Å². The summed E-state index contributed by atoms with van der Waals surface area (Å²) in [6.45, 7) is 0.526. The van der Waals surface area contributed by atoms with Crippen LogP contribution in [0, 0.1) is 11.2 Å². The van der Waals surface area contributed by atoms with Gasteiger partial charge in [-0.05, 0) is 43.9 Å². The highest BCUT2D eigenvalue weighted by Crippen LogP contribution is 2.44. The third kappa shape index (κ3) is 2.80. The molecule has 0 spiro atoms. The zero-order valence-electron chi connectivity index (χ0n) is 13.2. The predicted molar refractivity (Wildman–Crippen MR) is 84.4 cm³/mol. The molecule has 1 aromatic carbocycles. The zero-order chi connectivity index (χ0) is 16.7. The summed E-state index contributed by atoms with van der Waals surface area (Å²) >= 11 is 0. The molecule has 24 heavy (non-hydrogen) atoms. The molecule has 0 saturated heterocycles. The number of carbonyl (C=O) groups is 1. The van der Waals surface area contributed by atoms with E-state index in [9.17, 15) is 14.3 Å². The van der Waals surface area contributed by atoms with Gasteiger partial charge < -0.3 is 10.4 Å². The predicted octanol–water partition coefficient (Wildman–Crippen LogP) is 1.79. The minimum atomic E-state index is -0.352. The van der Waals surface area contributed by atoms with Gasteiger partial charge in [0.25, 0.3) is 5.91 Å². The van der Waals surface area contributed by atoms with E-state index in [2.05, 4.69) is 15.6 Å². The highest BCUT2D eigenvalue weighted by atomic mass is 19.1. The van der Waals surface area contributed by atoms with Crippen molar-refractivity contribution in [1.29, 1.82) is 0 Å². The molecule has 1 amide bonds. The van der Waals surface area contributed by atoms with Crippen molar-refractivity contribution >= 4 is 5.91 Å². The molecule has 2 saturated carbocycles. The van der Waals surface area contributed by atoms with Crippen molar-refractivity contribution in [3.8, 4) is 5.69 Å². The second-order valence-corrected chi connectivity index (χ2v) is 6.83. The van der Waals surface area contributed by atoms with E-state index < -0.39 is 0 Å². The molecule has 2 aliphatic rings. The van der Waals surface area contributed by atoms with Crippen molar-refractivity contribution in [3.05, 3.63) is 41.5 Å². The van der Waals surface area contributed by atoms with E-state index in [0.29, 0.717) is 17.9 Å². The van der Waals surface area contributed by atoms with Gasteiger partial charge in [0.1, 0.15) is 5.82 Å². The maximum absolute atomic E-state index is 13.5. The monoisotopic (exact) mass is 330 g/mol. The van der Waals surface area contributed by atoms with Gasteiger partial charge in [-0.1, -0.05) is 11.3 Å². The lowest BCUT2D eigenvalue weighted by Gasteiger charge is -2.12. The second-order valence-electron chi connectivity index (χ2n) is 6.83. The van der Waals surface area contributed by atoms with Crippen LogP contribution in [0.3, 0.4) is 0 Å². The van der Waals surface area contributed by atoms with E-state index in [0.717, 1.165) is 31.4 Å². The topological polar surface area (TPSA) is 80.0 Å². The molecular formula is C17H19FN4O2. The van der Waals surface area contributed by atoms with Gasteiger partial charge in [0.2, 0.25) is 0 Å². The Balaban J connectivity index is 1.61. The number of benzene rings is 1. The number of rotatable bonds is 6. The van der Waals surface area contributed by atoms with Crippen LogP contribution in [0.5, 0.6) is 0 Å². The lowest BCUT2D eigenvalue weighted by atomic mass is 10.1. The lowest BCUT2D eigenvalue weighted by Crippen LogP contribution is -2.32. The number of aliphatic hydroxyl groups excluding tert-OH is 1. The van der Waals surface area contributed by atoms with Crippen LogP contribution < -0.4 is 5.32 Å². The second kappa shape index (κ2) is 5.66. The normalized spacial score (nSPS) is 18.4. The Bertz CT molecular complexity index is 781. The molecule has 2 fully saturated rings. The molecule has 2 aromatic rings. The van der Waals surface area contributed by atoms with Crippen LogP contribution >= 0.6 is 0 Å². The van der Waals surface area contributed by atoms with Gasteiger partial charge >= 0.3 is 0 Å². The van der Waals surface area contributed by atoms with Gasteiger partial charge in [-0.2, -0.15) is 0 Å². The SMILES string of the molecule is O=C(NCC1(CO)CC1)c1nnn(-c2cccc(F)c2)c1C1CC1. The first kappa shape index (κ1) is 15.3. The summed E-state index contributed by atoms with van der Waals surface area (Å²) < 4.78 is 15.1. The molecule has 4 rings (SSSR count). The van der Waals surface area contributed by atoms with Crippen molar-refractivity contribution in [1.82, 2.24) is 20.3 Å². The number of hydrogen-bond acceptors (Lipinski definition) is 4. The number of nitrogens with zero attached hydrogens (tertiary/aromatic N) is 3. The van der Waals surface area contributed by atoms with Crippen LogP contribution in [0.15, 0.2) is 24.3 Å². The Hall–Kier alpha value is -2.28. The summed E-state index contributed by atoms with van der Waals surface area (Å²) in [6, 6.07) is 6.11. The number of carbonyl (C=O) groups excluding carboxylic acids is 1. The first-order valence-electron chi connectivity index (χ1n) is 8.22. The fraction of sp³-hybridized carbons (Fsp3) is 0.471. The molecule has 7 heteroatoms.